The van der Waals surface area contributed by atoms with Gasteiger partial charge in [-0.05, 0) is 54.5 Å². The van der Waals surface area contributed by atoms with Crippen LogP contribution in [0.15, 0.2) is 70.7 Å². The Balaban J connectivity index is 1.63. The van der Waals surface area contributed by atoms with E-state index in [1.54, 1.807) is 43.3 Å². The van der Waals surface area contributed by atoms with Crippen LogP contribution in [-0.2, 0) is 16.2 Å². The van der Waals surface area contributed by atoms with Gasteiger partial charge < -0.3 is 9.47 Å². The molecule has 4 rings (SSSR count). The van der Waals surface area contributed by atoms with Crippen LogP contribution >= 0.6 is 27.5 Å². The summed E-state index contributed by atoms with van der Waals surface area (Å²) < 4.78 is 12.3. The average molecular weight is 556 g/mol. The molecule has 0 aliphatic carbocycles. The van der Waals surface area contributed by atoms with Gasteiger partial charge in [0.15, 0.2) is 11.5 Å². The van der Waals surface area contributed by atoms with Crippen LogP contribution in [0.4, 0.5) is 10.5 Å². The first-order chi connectivity index (χ1) is 16.8. The number of rotatable bonds is 6. The molecule has 35 heavy (non-hydrogen) atoms. The van der Waals surface area contributed by atoms with Crippen molar-refractivity contribution in [2.75, 3.05) is 12.0 Å². The van der Waals surface area contributed by atoms with Crippen molar-refractivity contribution >= 4 is 57.1 Å². The molecule has 178 valence electrons. The largest absolute Gasteiger partial charge is 0.493 e. The monoisotopic (exact) mass is 554 g/mol. The highest BCUT2D eigenvalue weighted by molar-refractivity contribution is 9.10. The van der Waals surface area contributed by atoms with Gasteiger partial charge in [0.2, 0.25) is 0 Å². The Labute approximate surface area is 215 Å². The Morgan fingerprint density at radius 2 is 1.80 bits per heavy atom. The maximum absolute atomic E-state index is 13.2. The van der Waals surface area contributed by atoms with Crippen molar-refractivity contribution < 1.29 is 23.9 Å². The highest BCUT2D eigenvalue weighted by Gasteiger charge is 2.37. The number of carbonyl (C=O) groups is 3. The van der Waals surface area contributed by atoms with E-state index in [2.05, 4.69) is 21.2 Å². The van der Waals surface area contributed by atoms with Gasteiger partial charge in [0.05, 0.1) is 12.8 Å². The molecular weight excluding hydrogens is 536 g/mol. The topological polar surface area (TPSA) is 84.9 Å². The number of carbonyl (C=O) groups excluding carboxylic acids is 3. The fourth-order valence-electron chi connectivity index (χ4n) is 3.55. The minimum atomic E-state index is -0.837. The fourth-order valence-corrected chi connectivity index (χ4v) is 4.11. The smallest absolute Gasteiger partial charge is 0.335 e. The standard InChI is InChI=1S/C26H20BrClN2O5/c1-15-20(28)8-5-9-21(15)30-25(32)18(24(31)29-26(30)33)12-16-10-11-22(23(13-16)34-2)35-14-17-6-3-4-7-19(17)27/h3-13H,14H2,1-2H3,(H,29,31,33)/b18-12+. The number of benzene rings is 3. The summed E-state index contributed by atoms with van der Waals surface area (Å²) in [5, 5.41) is 2.61. The lowest BCUT2D eigenvalue weighted by molar-refractivity contribution is -0.122. The lowest BCUT2D eigenvalue weighted by atomic mass is 10.1. The third kappa shape index (κ3) is 5.08. The maximum atomic E-state index is 13.2. The van der Waals surface area contributed by atoms with E-state index >= 15 is 0 Å². The third-order valence-electron chi connectivity index (χ3n) is 5.42. The van der Waals surface area contributed by atoms with Gasteiger partial charge in [0, 0.05) is 15.1 Å². The van der Waals surface area contributed by atoms with Crippen molar-refractivity contribution in [2.24, 2.45) is 0 Å². The summed E-state index contributed by atoms with van der Waals surface area (Å²) in [5.74, 6) is -0.619. The highest BCUT2D eigenvalue weighted by Crippen LogP contribution is 2.32. The van der Waals surface area contributed by atoms with E-state index in [1.807, 2.05) is 24.3 Å². The number of nitrogens with one attached hydrogen (secondary N) is 1. The molecule has 0 radical (unpaired) electrons. The number of urea groups is 1. The number of imide groups is 2. The zero-order valence-electron chi connectivity index (χ0n) is 18.8. The van der Waals surface area contributed by atoms with Crippen molar-refractivity contribution in [3.8, 4) is 11.5 Å². The Bertz CT molecular complexity index is 1370. The van der Waals surface area contributed by atoms with Gasteiger partial charge in [-0.25, -0.2) is 9.69 Å². The number of methoxy groups -OCH3 is 1. The van der Waals surface area contributed by atoms with Crippen molar-refractivity contribution in [3.63, 3.8) is 0 Å². The molecule has 3 aromatic carbocycles. The van der Waals surface area contributed by atoms with E-state index in [-0.39, 0.29) is 5.57 Å². The molecular formula is C26H20BrClN2O5. The summed E-state index contributed by atoms with van der Waals surface area (Å²) in [7, 11) is 1.50. The van der Waals surface area contributed by atoms with Crippen LogP contribution in [0.5, 0.6) is 11.5 Å². The van der Waals surface area contributed by atoms with Crippen LogP contribution in [0, 0.1) is 6.92 Å². The minimum Gasteiger partial charge on any atom is -0.493 e. The molecule has 1 aliphatic heterocycles. The first-order valence-corrected chi connectivity index (χ1v) is 11.7. The van der Waals surface area contributed by atoms with Gasteiger partial charge in [-0.3, -0.25) is 14.9 Å². The zero-order chi connectivity index (χ0) is 25.1. The molecule has 0 saturated carbocycles. The van der Waals surface area contributed by atoms with Gasteiger partial charge in [-0.1, -0.05) is 57.9 Å². The van der Waals surface area contributed by atoms with E-state index in [0.717, 1.165) is 14.9 Å². The molecule has 9 heteroatoms. The molecule has 1 heterocycles. The first kappa shape index (κ1) is 24.5. The van der Waals surface area contributed by atoms with Crippen molar-refractivity contribution in [1.29, 1.82) is 0 Å². The second-order valence-corrected chi connectivity index (χ2v) is 8.89. The fraction of sp³-hybridized carbons (Fsp3) is 0.115. The zero-order valence-corrected chi connectivity index (χ0v) is 21.1. The number of barbiturate groups is 1. The number of nitrogens with zero attached hydrogens (tertiary/aromatic N) is 1. The van der Waals surface area contributed by atoms with Crippen molar-refractivity contribution in [3.05, 3.63) is 92.4 Å². The number of hydrogen-bond acceptors (Lipinski definition) is 5. The van der Waals surface area contributed by atoms with Crippen molar-refractivity contribution in [1.82, 2.24) is 5.32 Å². The predicted molar refractivity (Wildman–Crippen MR) is 137 cm³/mol. The average Bonchev–Trinajstić information content (AvgIpc) is 2.84. The van der Waals surface area contributed by atoms with Gasteiger partial charge in [-0.2, -0.15) is 0 Å². The second-order valence-electron chi connectivity index (χ2n) is 7.63. The summed E-state index contributed by atoms with van der Waals surface area (Å²) in [6, 6.07) is 16.8. The molecule has 0 aromatic heterocycles. The van der Waals surface area contributed by atoms with Crippen LogP contribution in [0.25, 0.3) is 6.08 Å². The Morgan fingerprint density at radius 1 is 1.03 bits per heavy atom. The summed E-state index contributed by atoms with van der Waals surface area (Å²) in [6.45, 7) is 2.00. The highest BCUT2D eigenvalue weighted by atomic mass is 79.9. The molecule has 3 aromatic rings. The van der Waals surface area contributed by atoms with Crippen LogP contribution < -0.4 is 19.7 Å². The number of hydrogen-bond donors (Lipinski definition) is 1. The summed E-state index contributed by atoms with van der Waals surface area (Å²) in [4.78, 5) is 39.1. The van der Waals surface area contributed by atoms with Gasteiger partial charge in [0.1, 0.15) is 12.2 Å². The third-order valence-corrected chi connectivity index (χ3v) is 6.60. The van der Waals surface area contributed by atoms with Gasteiger partial charge >= 0.3 is 6.03 Å². The molecule has 1 saturated heterocycles. The molecule has 1 fully saturated rings. The lowest BCUT2D eigenvalue weighted by Gasteiger charge is -2.27. The molecule has 0 unspecified atom stereocenters. The number of halogens is 2. The Morgan fingerprint density at radius 3 is 2.54 bits per heavy atom. The Hall–Kier alpha value is -3.62. The van der Waals surface area contributed by atoms with Gasteiger partial charge in [0.25, 0.3) is 11.8 Å². The molecule has 4 amide bonds. The van der Waals surface area contributed by atoms with Crippen LogP contribution in [-0.4, -0.2) is 25.0 Å². The number of anilines is 1. The first-order valence-electron chi connectivity index (χ1n) is 10.5. The predicted octanol–water partition coefficient (Wildman–Crippen LogP) is 5.66. The summed E-state index contributed by atoms with van der Waals surface area (Å²) in [6.07, 6.45) is 1.40. The quantitative estimate of drug-likeness (QED) is 0.313. The minimum absolute atomic E-state index is 0.201. The molecule has 0 atom stereocenters. The van der Waals surface area contributed by atoms with Gasteiger partial charge in [-0.15, -0.1) is 0 Å². The van der Waals surface area contributed by atoms with Crippen molar-refractivity contribution in [2.45, 2.75) is 13.5 Å². The lowest BCUT2D eigenvalue weighted by Crippen LogP contribution is -2.54. The van der Waals surface area contributed by atoms with E-state index in [9.17, 15) is 14.4 Å². The SMILES string of the molecule is COc1cc(/C=C2\C(=O)NC(=O)N(c3cccc(Cl)c3C)C2=O)ccc1OCc1ccccc1Br. The normalized spacial score (nSPS) is 14.8. The molecule has 7 nitrogen and oxygen atoms in total. The Kier molecular flexibility index (Phi) is 7.23. The summed E-state index contributed by atoms with van der Waals surface area (Å²) >= 11 is 9.66. The molecule has 1 N–H and O–H groups in total. The summed E-state index contributed by atoms with van der Waals surface area (Å²) in [5.41, 5.74) is 2.12. The second kappa shape index (κ2) is 10.3. The molecule has 0 spiro atoms. The molecule has 1 aliphatic rings. The molecule has 0 bridgehead atoms. The number of ether oxygens (including phenoxy) is 2. The van der Waals surface area contributed by atoms with E-state index in [1.165, 1.54) is 13.2 Å². The van der Waals surface area contributed by atoms with Crippen LogP contribution in [0.3, 0.4) is 0 Å². The number of amides is 4. The van der Waals surface area contributed by atoms with E-state index in [0.29, 0.717) is 39.9 Å². The van der Waals surface area contributed by atoms with Crippen LogP contribution in [0.2, 0.25) is 5.02 Å². The van der Waals surface area contributed by atoms with Crippen LogP contribution in [0.1, 0.15) is 16.7 Å². The van der Waals surface area contributed by atoms with E-state index in [4.69, 9.17) is 21.1 Å². The van der Waals surface area contributed by atoms with E-state index < -0.39 is 17.8 Å². The maximum Gasteiger partial charge on any atom is 0.335 e.